The van der Waals surface area contributed by atoms with E-state index in [2.05, 4.69) is 11.9 Å². The molecule has 0 saturated heterocycles. The van der Waals surface area contributed by atoms with Crippen LogP contribution in [0.2, 0.25) is 0 Å². The van der Waals surface area contributed by atoms with Gasteiger partial charge in [-0.3, -0.25) is 4.90 Å². The first-order chi connectivity index (χ1) is 5.34. The normalized spacial score (nSPS) is 14.4. The number of rotatable bonds is 2. The van der Waals surface area contributed by atoms with E-state index in [0.717, 1.165) is 0 Å². The number of ether oxygens (including phenoxy) is 1. The predicted molar refractivity (Wildman–Crippen MR) is 40.5 cm³/mol. The van der Waals surface area contributed by atoms with Crippen LogP contribution in [0.3, 0.4) is 0 Å². The molecule has 1 aliphatic rings. The highest BCUT2D eigenvalue weighted by molar-refractivity contribution is 5.69. The second-order valence-electron chi connectivity index (χ2n) is 2.01. The fourth-order valence-electron chi connectivity index (χ4n) is 0.685. The van der Waals surface area contributed by atoms with Crippen molar-refractivity contribution < 1.29 is 9.53 Å². The van der Waals surface area contributed by atoms with Gasteiger partial charge in [-0.1, -0.05) is 12.7 Å². The molecule has 60 valence electrons. The molecule has 4 heteroatoms. The van der Waals surface area contributed by atoms with Gasteiger partial charge in [0.1, 0.15) is 6.61 Å². The first-order valence-corrected chi connectivity index (χ1v) is 3.29. The molecule has 0 spiro atoms. The summed E-state index contributed by atoms with van der Waals surface area (Å²) < 4.78 is 4.75. The van der Waals surface area contributed by atoms with Gasteiger partial charge in [-0.25, -0.2) is 4.79 Å². The number of hydrogen-bond acceptors (Lipinski definition) is 3. The zero-order valence-corrected chi connectivity index (χ0v) is 6.12. The van der Waals surface area contributed by atoms with Crippen molar-refractivity contribution >= 4 is 6.09 Å². The molecule has 0 aliphatic carbocycles. The summed E-state index contributed by atoms with van der Waals surface area (Å²) in [6, 6.07) is 0. The molecule has 1 amide bonds. The Bertz CT molecular complexity index is 189. The van der Waals surface area contributed by atoms with E-state index in [1.54, 1.807) is 12.4 Å². The zero-order chi connectivity index (χ0) is 8.10. The Morgan fingerprint density at radius 1 is 1.91 bits per heavy atom. The summed E-state index contributed by atoms with van der Waals surface area (Å²) in [5.74, 6) is 0. The lowest BCUT2D eigenvalue weighted by Crippen LogP contribution is -2.28. The van der Waals surface area contributed by atoms with Gasteiger partial charge in [0.05, 0.1) is 6.67 Å². The fraction of sp³-hybridized carbons (Fsp3) is 0.286. The third-order valence-corrected chi connectivity index (χ3v) is 1.19. The van der Waals surface area contributed by atoms with Crippen LogP contribution in [0.5, 0.6) is 0 Å². The largest absolute Gasteiger partial charge is 0.445 e. The van der Waals surface area contributed by atoms with Crippen LogP contribution < -0.4 is 5.32 Å². The minimum atomic E-state index is -0.355. The van der Waals surface area contributed by atoms with Gasteiger partial charge in [0, 0.05) is 12.4 Å². The Labute approximate surface area is 65.1 Å². The second kappa shape index (κ2) is 3.65. The number of carbonyl (C=O) groups excluding carboxylic acids is 1. The molecule has 0 aromatic carbocycles. The van der Waals surface area contributed by atoms with Crippen molar-refractivity contribution in [1.82, 2.24) is 10.2 Å². The Morgan fingerprint density at radius 2 is 2.73 bits per heavy atom. The highest BCUT2D eigenvalue weighted by atomic mass is 16.6. The van der Waals surface area contributed by atoms with Crippen molar-refractivity contribution in [3.05, 3.63) is 25.1 Å². The SMILES string of the molecule is C=CCOC(=O)N1C=CNC1. The molecule has 0 aromatic heterocycles. The van der Waals surface area contributed by atoms with Gasteiger partial charge in [0.25, 0.3) is 0 Å². The number of nitrogens with one attached hydrogen (secondary N) is 1. The van der Waals surface area contributed by atoms with Crippen molar-refractivity contribution in [3.63, 3.8) is 0 Å². The third kappa shape index (κ3) is 2.00. The van der Waals surface area contributed by atoms with Crippen molar-refractivity contribution in [2.24, 2.45) is 0 Å². The topological polar surface area (TPSA) is 41.6 Å². The summed E-state index contributed by atoms with van der Waals surface area (Å²) in [5, 5.41) is 2.85. The van der Waals surface area contributed by atoms with Crippen LogP contribution in [0.1, 0.15) is 0 Å². The maximum absolute atomic E-state index is 11.0. The highest BCUT2D eigenvalue weighted by Crippen LogP contribution is 1.97. The van der Waals surface area contributed by atoms with Crippen LogP contribution in [0.15, 0.2) is 25.1 Å². The molecule has 0 aromatic rings. The summed E-state index contributed by atoms with van der Waals surface area (Å²) in [6.07, 6.45) is 4.50. The number of carbonyl (C=O) groups is 1. The quantitative estimate of drug-likeness (QED) is 0.593. The van der Waals surface area contributed by atoms with Gasteiger partial charge in [-0.2, -0.15) is 0 Å². The van der Waals surface area contributed by atoms with Crippen molar-refractivity contribution in [1.29, 1.82) is 0 Å². The molecular formula is C7H10N2O2. The van der Waals surface area contributed by atoms with E-state index in [0.29, 0.717) is 6.67 Å². The number of amides is 1. The summed E-state index contributed by atoms with van der Waals surface area (Å²) in [4.78, 5) is 12.4. The van der Waals surface area contributed by atoms with Crippen LogP contribution in [-0.2, 0) is 4.74 Å². The molecule has 0 radical (unpaired) electrons. The molecule has 11 heavy (non-hydrogen) atoms. The molecule has 0 atom stereocenters. The predicted octanol–water partition coefficient (Wildman–Crippen LogP) is 0.643. The van der Waals surface area contributed by atoms with Crippen molar-refractivity contribution in [2.75, 3.05) is 13.3 Å². The van der Waals surface area contributed by atoms with Gasteiger partial charge in [0.2, 0.25) is 0 Å². The summed E-state index contributed by atoms with van der Waals surface area (Å²) in [6.45, 7) is 4.17. The number of nitrogens with zero attached hydrogens (tertiary/aromatic N) is 1. The zero-order valence-electron chi connectivity index (χ0n) is 6.12. The average molecular weight is 154 g/mol. The third-order valence-electron chi connectivity index (χ3n) is 1.19. The van der Waals surface area contributed by atoms with Gasteiger partial charge < -0.3 is 10.1 Å². The molecule has 0 unspecified atom stereocenters. The van der Waals surface area contributed by atoms with E-state index < -0.39 is 0 Å². The molecule has 4 nitrogen and oxygen atoms in total. The fourth-order valence-corrected chi connectivity index (χ4v) is 0.685. The molecule has 1 rings (SSSR count). The van der Waals surface area contributed by atoms with Crippen LogP contribution in [0.25, 0.3) is 0 Å². The van der Waals surface area contributed by atoms with Gasteiger partial charge in [-0.05, 0) is 0 Å². The van der Waals surface area contributed by atoms with Crippen molar-refractivity contribution in [3.8, 4) is 0 Å². The molecule has 1 N–H and O–H groups in total. The van der Waals surface area contributed by atoms with E-state index in [4.69, 9.17) is 4.74 Å². The highest BCUT2D eigenvalue weighted by Gasteiger charge is 2.12. The van der Waals surface area contributed by atoms with E-state index in [9.17, 15) is 4.79 Å². The van der Waals surface area contributed by atoms with Gasteiger partial charge in [-0.15, -0.1) is 0 Å². The maximum atomic E-state index is 11.0. The Hall–Kier alpha value is -1.45. The average Bonchev–Trinajstić information content (AvgIpc) is 2.52. The Balaban J connectivity index is 2.29. The molecule has 1 heterocycles. The summed E-state index contributed by atoms with van der Waals surface area (Å²) in [5.41, 5.74) is 0. The van der Waals surface area contributed by atoms with Crippen LogP contribution in [0.4, 0.5) is 4.79 Å². The number of hydrogen-bond donors (Lipinski definition) is 1. The summed E-state index contributed by atoms with van der Waals surface area (Å²) >= 11 is 0. The van der Waals surface area contributed by atoms with E-state index in [1.165, 1.54) is 11.0 Å². The van der Waals surface area contributed by atoms with Crippen LogP contribution >= 0.6 is 0 Å². The molecule has 0 bridgehead atoms. The second-order valence-corrected chi connectivity index (χ2v) is 2.01. The lowest BCUT2D eigenvalue weighted by Gasteiger charge is -2.11. The van der Waals surface area contributed by atoms with Gasteiger partial charge in [0.15, 0.2) is 0 Å². The summed E-state index contributed by atoms with van der Waals surface area (Å²) in [7, 11) is 0. The maximum Gasteiger partial charge on any atom is 0.415 e. The molecular weight excluding hydrogens is 144 g/mol. The van der Waals surface area contributed by atoms with Gasteiger partial charge >= 0.3 is 6.09 Å². The Morgan fingerprint density at radius 3 is 3.27 bits per heavy atom. The minimum absolute atomic E-state index is 0.253. The van der Waals surface area contributed by atoms with E-state index in [-0.39, 0.29) is 12.7 Å². The standard InChI is InChI=1S/C7H10N2O2/c1-2-5-11-7(10)9-4-3-8-6-9/h2-4,8H,1,5-6H2. The minimum Gasteiger partial charge on any atom is -0.445 e. The lowest BCUT2D eigenvalue weighted by molar-refractivity contribution is 0.129. The first-order valence-electron chi connectivity index (χ1n) is 3.29. The van der Waals surface area contributed by atoms with E-state index in [1.807, 2.05) is 0 Å². The Kier molecular flexibility index (Phi) is 2.54. The van der Waals surface area contributed by atoms with Crippen LogP contribution in [-0.4, -0.2) is 24.3 Å². The smallest absolute Gasteiger partial charge is 0.415 e. The van der Waals surface area contributed by atoms with E-state index >= 15 is 0 Å². The molecule has 0 fully saturated rings. The van der Waals surface area contributed by atoms with Crippen molar-refractivity contribution in [2.45, 2.75) is 0 Å². The van der Waals surface area contributed by atoms with Crippen LogP contribution in [0, 0.1) is 0 Å². The molecule has 1 aliphatic heterocycles. The first kappa shape index (κ1) is 7.65. The molecule has 0 saturated carbocycles. The lowest BCUT2D eigenvalue weighted by atomic mass is 10.7. The monoisotopic (exact) mass is 154 g/mol.